The van der Waals surface area contributed by atoms with Gasteiger partial charge in [-0.15, -0.1) is 0 Å². The Kier molecular flexibility index (Phi) is 6.24. The lowest BCUT2D eigenvalue weighted by atomic mass is 9.95. The largest absolute Gasteiger partial charge is 0.503 e. The van der Waals surface area contributed by atoms with Gasteiger partial charge in [0.25, 0.3) is 5.91 Å². The van der Waals surface area contributed by atoms with Crippen LogP contribution in [0.25, 0.3) is 16.3 Å². The number of halogens is 1. The van der Waals surface area contributed by atoms with Gasteiger partial charge in [0.2, 0.25) is 0 Å². The summed E-state index contributed by atoms with van der Waals surface area (Å²) in [6, 6.07) is 21.6. The van der Waals surface area contributed by atoms with Crippen molar-refractivity contribution >= 4 is 56.1 Å². The number of aliphatic hydroxyl groups is 1. The Morgan fingerprint density at radius 1 is 1.11 bits per heavy atom. The minimum Gasteiger partial charge on any atom is -0.503 e. The van der Waals surface area contributed by atoms with Gasteiger partial charge in [-0.3, -0.25) is 14.5 Å². The van der Waals surface area contributed by atoms with E-state index < -0.39 is 23.5 Å². The van der Waals surface area contributed by atoms with Gasteiger partial charge in [0.1, 0.15) is 0 Å². The van der Waals surface area contributed by atoms with E-state index in [9.17, 15) is 14.7 Å². The summed E-state index contributed by atoms with van der Waals surface area (Å²) in [7, 11) is 0. The molecule has 5 nitrogen and oxygen atoms in total. The molecule has 4 aromatic rings. The molecule has 1 aromatic heterocycles. The fraction of sp³-hybridized carbons (Fsp3) is 0.107. The first-order valence-electron chi connectivity index (χ1n) is 11.2. The van der Waals surface area contributed by atoms with E-state index in [-0.39, 0.29) is 5.57 Å². The van der Waals surface area contributed by atoms with Gasteiger partial charge in [-0.2, -0.15) is 0 Å². The number of aromatic nitrogens is 1. The average Bonchev–Trinajstić information content (AvgIpc) is 3.41. The maximum absolute atomic E-state index is 13.4. The predicted octanol–water partition coefficient (Wildman–Crippen LogP) is 6.69. The Balaban J connectivity index is 1.60. The number of rotatable bonds is 6. The zero-order chi connectivity index (χ0) is 24.5. The number of thiazole rings is 1. The van der Waals surface area contributed by atoms with E-state index in [4.69, 9.17) is 11.6 Å². The molecule has 1 amide bonds. The maximum Gasteiger partial charge on any atom is 0.296 e. The lowest BCUT2D eigenvalue weighted by molar-refractivity contribution is -0.117. The molecule has 0 aliphatic carbocycles. The number of hydrogen-bond donors (Lipinski definition) is 1. The van der Waals surface area contributed by atoms with Crippen LogP contribution in [0.5, 0.6) is 0 Å². The summed E-state index contributed by atoms with van der Waals surface area (Å²) in [6.45, 7) is 2.06. The lowest BCUT2D eigenvalue weighted by Gasteiger charge is -2.24. The van der Waals surface area contributed by atoms with Crippen molar-refractivity contribution in [3.8, 4) is 0 Å². The lowest BCUT2D eigenvalue weighted by Crippen LogP contribution is -2.30. The van der Waals surface area contributed by atoms with Crippen molar-refractivity contribution in [2.24, 2.45) is 0 Å². The molecular formula is C28H21ClN2O3S. The molecule has 35 heavy (non-hydrogen) atoms. The van der Waals surface area contributed by atoms with E-state index in [2.05, 4.69) is 11.9 Å². The molecule has 0 saturated carbocycles. The molecule has 1 N–H and O–H groups in total. The van der Waals surface area contributed by atoms with E-state index in [0.717, 1.165) is 22.2 Å². The van der Waals surface area contributed by atoms with Gasteiger partial charge in [0.15, 0.2) is 16.7 Å². The molecule has 1 aliphatic rings. The van der Waals surface area contributed by atoms with Gasteiger partial charge >= 0.3 is 0 Å². The number of hydrogen-bond acceptors (Lipinski definition) is 5. The van der Waals surface area contributed by atoms with E-state index in [1.165, 1.54) is 22.3 Å². The minimum absolute atomic E-state index is 0.0312. The third-order valence-corrected chi connectivity index (χ3v) is 7.20. The molecule has 0 saturated heterocycles. The SMILES string of the molecule is CCc1ccc(C2C(C(=O)C=Cc3ccccc3)=C(O)C(=O)N2c2nc3ccc(Cl)cc3s2)cc1. The van der Waals surface area contributed by atoms with Crippen LogP contribution in [0.3, 0.4) is 0 Å². The van der Waals surface area contributed by atoms with Crippen LogP contribution in [-0.4, -0.2) is 21.8 Å². The first-order valence-corrected chi connectivity index (χ1v) is 12.3. The standard InChI is InChI=1S/C28H21ClN2O3S/c1-2-17-8-11-19(12-9-17)25-24(22(32)15-10-18-6-4-3-5-7-18)26(33)27(34)31(25)28-30-21-14-13-20(29)16-23(21)35-28/h3-16,25,33H,2H2,1H3. The molecule has 3 aromatic carbocycles. The fourth-order valence-corrected chi connectivity index (χ4v) is 5.39. The Morgan fingerprint density at radius 3 is 2.57 bits per heavy atom. The summed E-state index contributed by atoms with van der Waals surface area (Å²) in [5.74, 6) is -1.65. The van der Waals surface area contributed by atoms with Crippen molar-refractivity contribution in [2.45, 2.75) is 19.4 Å². The van der Waals surface area contributed by atoms with Crippen LogP contribution in [0.4, 0.5) is 5.13 Å². The van der Waals surface area contributed by atoms with Crippen LogP contribution in [-0.2, 0) is 16.0 Å². The normalized spacial score (nSPS) is 16.1. The minimum atomic E-state index is -0.808. The van der Waals surface area contributed by atoms with Gasteiger partial charge in [-0.25, -0.2) is 4.98 Å². The molecule has 0 spiro atoms. The molecule has 1 atom stereocenters. The molecule has 1 aliphatic heterocycles. The second-order valence-electron chi connectivity index (χ2n) is 8.15. The van der Waals surface area contributed by atoms with Gasteiger partial charge < -0.3 is 5.11 Å². The number of carbonyl (C=O) groups is 2. The number of aliphatic hydroxyl groups excluding tert-OH is 1. The van der Waals surface area contributed by atoms with Crippen molar-refractivity contribution in [1.82, 2.24) is 4.98 Å². The number of ketones is 1. The quantitative estimate of drug-likeness (QED) is 0.299. The van der Waals surface area contributed by atoms with Gasteiger partial charge in [-0.1, -0.05) is 90.5 Å². The monoisotopic (exact) mass is 500 g/mol. The summed E-state index contributed by atoms with van der Waals surface area (Å²) in [5, 5.41) is 11.8. The summed E-state index contributed by atoms with van der Waals surface area (Å²) in [4.78, 5) is 32.7. The first-order chi connectivity index (χ1) is 17.0. The number of benzene rings is 3. The zero-order valence-electron chi connectivity index (χ0n) is 18.8. The Labute approximate surface area is 211 Å². The second-order valence-corrected chi connectivity index (χ2v) is 9.60. The number of anilines is 1. The van der Waals surface area contributed by atoms with Crippen LogP contribution < -0.4 is 4.90 Å². The van der Waals surface area contributed by atoms with E-state index in [1.54, 1.807) is 24.3 Å². The van der Waals surface area contributed by atoms with E-state index in [1.807, 2.05) is 54.6 Å². The van der Waals surface area contributed by atoms with E-state index >= 15 is 0 Å². The number of aryl methyl sites for hydroxylation is 1. The van der Waals surface area contributed by atoms with Crippen LogP contribution in [0.1, 0.15) is 29.7 Å². The Bertz CT molecular complexity index is 1490. The third-order valence-electron chi connectivity index (χ3n) is 5.95. The van der Waals surface area contributed by atoms with Gasteiger partial charge in [-0.05, 0) is 47.4 Å². The fourth-order valence-electron chi connectivity index (χ4n) is 4.12. The molecule has 174 valence electrons. The second kappa shape index (κ2) is 9.49. The van der Waals surface area contributed by atoms with Crippen molar-refractivity contribution in [1.29, 1.82) is 0 Å². The molecule has 7 heteroatoms. The van der Waals surface area contributed by atoms with Crippen LogP contribution in [0, 0.1) is 0 Å². The summed E-state index contributed by atoms with van der Waals surface area (Å²) in [6.07, 6.45) is 3.93. The summed E-state index contributed by atoms with van der Waals surface area (Å²) >= 11 is 7.43. The maximum atomic E-state index is 13.4. The Hall–Kier alpha value is -3.74. The number of fused-ring (bicyclic) bond motifs is 1. The van der Waals surface area contributed by atoms with Crippen molar-refractivity contribution in [3.05, 3.63) is 112 Å². The van der Waals surface area contributed by atoms with E-state index in [0.29, 0.717) is 21.2 Å². The number of amides is 1. The zero-order valence-corrected chi connectivity index (χ0v) is 20.4. The molecular weight excluding hydrogens is 480 g/mol. The predicted molar refractivity (Wildman–Crippen MR) is 141 cm³/mol. The Morgan fingerprint density at radius 2 is 1.86 bits per heavy atom. The first kappa shape index (κ1) is 23.0. The molecule has 0 fully saturated rings. The van der Waals surface area contributed by atoms with Crippen molar-refractivity contribution in [2.75, 3.05) is 4.90 Å². The number of nitrogens with zero attached hydrogens (tertiary/aromatic N) is 2. The van der Waals surface area contributed by atoms with Crippen molar-refractivity contribution < 1.29 is 14.7 Å². The third kappa shape index (κ3) is 4.38. The number of carbonyl (C=O) groups excluding carboxylic acids is 2. The molecule has 2 heterocycles. The average molecular weight is 501 g/mol. The van der Waals surface area contributed by atoms with Gasteiger partial charge in [0, 0.05) is 5.02 Å². The van der Waals surface area contributed by atoms with Crippen LogP contribution in [0.15, 0.2) is 90.2 Å². The van der Waals surface area contributed by atoms with Crippen molar-refractivity contribution in [3.63, 3.8) is 0 Å². The molecule has 0 bridgehead atoms. The highest BCUT2D eigenvalue weighted by molar-refractivity contribution is 7.22. The molecule has 0 radical (unpaired) electrons. The molecule has 5 rings (SSSR count). The highest BCUT2D eigenvalue weighted by atomic mass is 35.5. The van der Waals surface area contributed by atoms with Gasteiger partial charge in [0.05, 0.1) is 21.8 Å². The summed E-state index contributed by atoms with van der Waals surface area (Å²) < 4.78 is 0.809. The summed E-state index contributed by atoms with van der Waals surface area (Å²) in [5.41, 5.74) is 3.40. The van der Waals surface area contributed by atoms with Crippen LogP contribution in [0.2, 0.25) is 5.02 Å². The topological polar surface area (TPSA) is 70.5 Å². The smallest absolute Gasteiger partial charge is 0.296 e. The van der Waals surface area contributed by atoms with Crippen LogP contribution >= 0.6 is 22.9 Å². The molecule has 1 unspecified atom stereocenters. The highest BCUT2D eigenvalue weighted by Gasteiger charge is 2.45. The highest BCUT2D eigenvalue weighted by Crippen LogP contribution is 2.43. The number of allylic oxidation sites excluding steroid dienone is 1.